The molecule has 0 saturated carbocycles. The minimum Gasteiger partial charge on any atom is -0.394 e. The van der Waals surface area contributed by atoms with Crippen molar-refractivity contribution in [2.24, 2.45) is 5.92 Å². The van der Waals surface area contributed by atoms with Crippen LogP contribution in [-0.4, -0.2) is 345 Å². The molecule has 0 aromatic carbocycles. The molecule has 21 fully saturated rings. The van der Waals surface area contributed by atoms with Gasteiger partial charge in [-0.1, -0.05) is 20.8 Å². The van der Waals surface area contributed by atoms with Crippen molar-refractivity contribution < 1.29 is 163 Å². The lowest BCUT2D eigenvalue weighted by molar-refractivity contribution is -0.396. The van der Waals surface area contributed by atoms with Crippen molar-refractivity contribution in [3.8, 4) is 0 Å². The molecule has 21 aliphatic heterocycles. The Bertz CT molecular complexity index is 1870. The van der Waals surface area contributed by atoms with E-state index >= 15 is 0 Å². The summed E-state index contributed by atoms with van der Waals surface area (Å²) in [5.41, 5.74) is 0. The summed E-state index contributed by atoms with van der Waals surface area (Å²) in [7, 11) is 0. The molecule has 0 aromatic rings. The van der Waals surface area contributed by atoms with Gasteiger partial charge in [-0.15, -0.1) is 0 Å². The van der Waals surface area contributed by atoms with Crippen LogP contribution in [-0.2, 0) is 66.3 Å². The van der Waals surface area contributed by atoms with Gasteiger partial charge in [0.25, 0.3) is 0 Å². The topological polar surface area (TPSA) is 514 Å². The molecule has 35 atom stereocenters. The highest BCUT2D eigenvalue weighted by Crippen LogP contribution is 2.40. The number of aliphatic hydroxyl groups excluding tert-OH is 19. The zero-order valence-corrected chi connectivity index (χ0v) is 42.9. The van der Waals surface area contributed by atoms with Crippen LogP contribution < -0.4 is 0 Å². The van der Waals surface area contributed by atoms with Crippen molar-refractivity contribution in [1.82, 2.24) is 0 Å². The van der Waals surface area contributed by atoms with Gasteiger partial charge in [0, 0.05) is 0 Å². The second-order valence-electron chi connectivity index (χ2n) is 21.3. The SMILES string of the molecule is CCC1OC2OC3C(CO)OC(OC4C(CO)OC(OC5C(CO)OC(OC6C(CO)OC(OC7C(CC(C)C)OC(OC8C(CO)OC(OC1C(O)C2O)C(O)C8O)C(O)C7O)C(O)C6O)C(O)C5O)C(O)C4O)C(O)C3O. The maximum atomic E-state index is 11.6. The Hall–Kier alpha value is -1.32. The lowest BCUT2D eigenvalue weighted by atomic mass is 9.92. The molecule has 19 N–H and O–H groups in total. The lowest BCUT2D eigenvalue weighted by Crippen LogP contribution is -2.68. The normalized spacial score (nSPS) is 54.3. The smallest absolute Gasteiger partial charge is 0.187 e. The molecule has 0 spiro atoms. The zero-order valence-electron chi connectivity index (χ0n) is 42.9. The summed E-state index contributed by atoms with van der Waals surface area (Å²) in [5, 5.41) is 212. The first-order valence-electron chi connectivity index (χ1n) is 26.3. The second kappa shape index (κ2) is 26.9. The molecule has 21 aliphatic rings. The summed E-state index contributed by atoms with van der Waals surface area (Å²) in [6, 6.07) is 0. The minimum atomic E-state index is -2.17. The summed E-state index contributed by atoms with van der Waals surface area (Å²) in [6.45, 7) is 0.0913. The average Bonchev–Trinajstić information content (AvgIpc) is 3.45. The van der Waals surface area contributed by atoms with E-state index < -0.39 is 248 Å². The predicted molar refractivity (Wildman–Crippen MR) is 244 cm³/mol. The summed E-state index contributed by atoms with van der Waals surface area (Å²) < 4.78 is 81.7. The number of hydrogen-bond acceptors (Lipinski definition) is 33. The Morgan fingerprint density at radius 3 is 0.582 bits per heavy atom. The largest absolute Gasteiger partial charge is 0.394 e. The van der Waals surface area contributed by atoms with E-state index in [-0.39, 0.29) is 18.8 Å². The zero-order chi connectivity index (χ0) is 57.6. The number of ether oxygens (including phenoxy) is 14. The molecule has 33 nitrogen and oxygen atoms in total. The van der Waals surface area contributed by atoms with Crippen LogP contribution in [0, 0.1) is 5.92 Å². The Labute approximate surface area is 450 Å². The lowest BCUT2D eigenvalue weighted by Gasteiger charge is -2.50. The molecule has 0 radical (unpaired) electrons. The summed E-state index contributed by atoms with van der Waals surface area (Å²) in [6.07, 6.45) is -66.1. The van der Waals surface area contributed by atoms with E-state index in [4.69, 9.17) is 66.3 Å². The van der Waals surface area contributed by atoms with Crippen LogP contribution in [0.4, 0.5) is 0 Å². The first kappa shape index (κ1) is 63.7. The van der Waals surface area contributed by atoms with E-state index in [0.717, 1.165) is 0 Å². The maximum Gasteiger partial charge on any atom is 0.187 e. The molecule has 21 heterocycles. The van der Waals surface area contributed by atoms with Crippen LogP contribution in [0.5, 0.6) is 0 Å². The van der Waals surface area contributed by atoms with Gasteiger partial charge in [-0.2, -0.15) is 0 Å². The van der Waals surface area contributed by atoms with Gasteiger partial charge in [0.15, 0.2) is 44.0 Å². The van der Waals surface area contributed by atoms with Crippen LogP contribution in [0.1, 0.15) is 33.6 Å². The van der Waals surface area contributed by atoms with Crippen molar-refractivity contribution in [3.63, 3.8) is 0 Å². The van der Waals surface area contributed by atoms with Crippen molar-refractivity contribution in [1.29, 1.82) is 0 Å². The Morgan fingerprint density at radius 2 is 0.405 bits per heavy atom. The molecule has 79 heavy (non-hydrogen) atoms. The van der Waals surface area contributed by atoms with Gasteiger partial charge in [-0.05, 0) is 18.8 Å². The van der Waals surface area contributed by atoms with Crippen LogP contribution in [0.3, 0.4) is 0 Å². The van der Waals surface area contributed by atoms with Gasteiger partial charge in [0.2, 0.25) is 0 Å². The van der Waals surface area contributed by atoms with E-state index in [1.54, 1.807) is 20.8 Å². The first-order chi connectivity index (χ1) is 37.5. The third-order valence-electron chi connectivity index (χ3n) is 15.5. The van der Waals surface area contributed by atoms with Gasteiger partial charge in [-0.3, -0.25) is 0 Å². The quantitative estimate of drug-likeness (QED) is 0.107. The van der Waals surface area contributed by atoms with Gasteiger partial charge >= 0.3 is 0 Å². The highest BCUT2D eigenvalue weighted by molar-refractivity contribution is 5.02. The van der Waals surface area contributed by atoms with Crippen LogP contribution in [0.2, 0.25) is 0 Å². The summed E-state index contributed by atoms with van der Waals surface area (Å²) in [4.78, 5) is 0. The van der Waals surface area contributed by atoms with Gasteiger partial charge in [0.1, 0.15) is 159 Å². The van der Waals surface area contributed by atoms with E-state index in [1.807, 2.05) is 0 Å². The third kappa shape index (κ3) is 12.8. The summed E-state index contributed by atoms with van der Waals surface area (Å²) in [5.74, 6) is -0.252. The first-order valence-corrected chi connectivity index (χ1v) is 26.3. The molecule has 35 unspecified atom stereocenters. The highest BCUT2D eigenvalue weighted by atomic mass is 16.8. The minimum absolute atomic E-state index is 0.0274. The van der Waals surface area contributed by atoms with Crippen molar-refractivity contribution >= 4 is 0 Å². The van der Waals surface area contributed by atoms with Crippen molar-refractivity contribution in [2.75, 3.05) is 33.0 Å². The number of aliphatic hydroxyl groups is 19. The standard InChI is InChI=1S/C46H78O33/c1-4-12-33-19(52)26(59)40(66-12)75-35-14(6-47)70-44(30(63)23(35)56)78-38-17(9-50)72-46(32(65)25(38)58)79-39-18(10-51)71-45(31(64)24(39)57)77-37-16(8-49)69-43(29(62)22(37)55)74-34-13(5-11(2)3)67-41(27(60)20(34)53)76-36-15(7-48)68-42(73-33)28(61)21(36)54/h11-65H,4-10H2,1-3H3. The Balaban J connectivity index is 1.09. The highest BCUT2D eigenvalue weighted by Gasteiger charge is 2.59. The van der Waals surface area contributed by atoms with Crippen molar-refractivity contribution in [3.05, 3.63) is 0 Å². The molecule has 0 amide bonds. The molecule has 21 rings (SSSR count). The van der Waals surface area contributed by atoms with Crippen LogP contribution >= 0.6 is 0 Å². The number of rotatable bonds is 8. The fourth-order valence-corrected chi connectivity index (χ4v) is 11.1. The molecular formula is C46H78O33. The van der Waals surface area contributed by atoms with Crippen LogP contribution in [0.15, 0.2) is 0 Å². The Kier molecular flexibility index (Phi) is 21.7. The van der Waals surface area contributed by atoms with E-state index in [2.05, 4.69) is 0 Å². The van der Waals surface area contributed by atoms with E-state index in [1.165, 1.54) is 0 Å². The molecule has 460 valence electrons. The average molecular weight is 1160 g/mol. The monoisotopic (exact) mass is 1160 g/mol. The summed E-state index contributed by atoms with van der Waals surface area (Å²) >= 11 is 0. The molecule has 33 heteroatoms. The van der Waals surface area contributed by atoms with Crippen LogP contribution in [0.25, 0.3) is 0 Å². The van der Waals surface area contributed by atoms with Gasteiger partial charge in [-0.25, -0.2) is 0 Å². The fourth-order valence-electron chi connectivity index (χ4n) is 11.1. The van der Waals surface area contributed by atoms with Crippen molar-refractivity contribution in [2.45, 2.75) is 249 Å². The third-order valence-corrected chi connectivity index (χ3v) is 15.5. The number of hydrogen-bond donors (Lipinski definition) is 19. The van der Waals surface area contributed by atoms with Gasteiger partial charge < -0.3 is 163 Å². The van der Waals surface area contributed by atoms with Gasteiger partial charge in [0.05, 0.1) is 45.2 Å². The Morgan fingerprint density at radius 1 is 0.241 bits per heavy atom. The molecule has 0 aliphatic carbocycles. The van der Waals surface area contributed by atoms with E-state index in [9.17, 15) is 97.0 Å². The fraction of sp³-hybridized carbons (Fsp3) is 1.00. The molecule has 14 bridgehead atoms. The van der Waals surface area contributed by atoms with E-state index in [0.29, 0.717) is 0 Å². The molecular weight excluding hydrogens is 1080 g/mol. The predicted octanol–water partition coefficient (Wildman–Crippen LogP) is -11.8. The molecule has 21 saturated heterocycles. The molecule has 0 aromatic heterocycles. The second-order valence-corrected chi connectivity index (χ2v) is 21.3. The maximum absolute atomic E-state index is 11.6.